The van der Waals surface area contributed by atoms with Crippen LogP contribution in [-0.4, -0.2) is 41.9 Å². The molecule has 0 fully saturated rings. The Labute approximate surface area is 204 Å². The molecule has 0 aliphatic carbocycles. The van der Waals surface area contributed by atoms with Crippen LogP contribution in [0.5, 0.6) is 0 Å². The molecule has 0 unspecified atom stereocenters. The quantitative estimate of drug-likeness (QED) is 0.382. The topological polar surface area (TPSA) is 84.3 Å². The number of anilines is 1. The van der Waals surface area contributed by atoms with Crippen molar-refractivity contribution < 1.29 is 13.2 Å². The summed E-state index contributed by atoms with van der Waals surface area (Å²) in [5, 5.41) is 0.345. The number of carbonyl (C=O) groups is 1. The van der Waals surface area contributed by atoms with Crippen molar-refractivity contribution in [2.75, 3.05) is 17.8 Å². The van der Waals surface area contributed by atoms with Crippen molar-refractivity contribution in [3.8, 4) is 11.4 Å². The number of aromatic nitrogens is 2. The van der Waals surface area contributed by atoms with E-state index in [-0.39, 0.29) is 10.8 Å². The van der Waals surface area contributed by atoms with E-state index in [1.54, 1.807) is 41.3 Å². The zero-order valence-corrected chi connectivity index (χ0v) is 20.7. The van der Waals surface area contributed by atoms with Crippen LogP contribution in [0.1, 0.15) is 24.2 Å². The van der Waals surface area contributed by atoms with Gasteiger partial charge in [-0.25, -0.2) is 13.4 Å². The van der Waals surface area contributed by atoms with Crippen LogP contribution in [0.2, 0.25) is 5.02 Å². The van der Waals surface area contributed by atoms with E-state index in [0.717, 1.165) is 11.1 Å². The Hall–Kier alpha value is -3.36. The first-order chi connectivity index (χ1) is 16.2. The second-order valence-corrected chi connectivity index (χ2v) is 9.93. The van der Waals surface area contributed by atoms with Crippen LogP contribution in [0.3, 0.4) is 0 Å². The second-order valence-electron chi connectivity index (χ2n) is 7.82. The molecular formula is C25H25ClN4O3S. The fraction of sp³-hybridized carbons (Fsp3) is 0.200. The van der Waals surface area contributed by atoms with Crippen molar-refractivity contribution >= 4 is 44.3 Å². The smallest absolute Gasteiger partial charge is 0.261 e. The third kappa shape index (κ3) is 4.64. The highest BCUT2D eigenvalue weighted by atomic mass is 35.5. The number of sulfonamides is 1. The van der Waals surface area contributed by atoms with Gasteiger partial charge in [-0.05, 0) is 62.4 Å². The Morgan fingerprint density at radius 3 is 2.38 bits per heavy atom. The van der Waals surface area contributed by atoms with Crippen LogP contribution in [-0.2, 0) is 17.1 Å². The number of carbonyl (C=O) groups excluding carboxylic acids is 1. The molecule has 4 aromatic rings. The van der Waals surface area contributed by atoms with Crippen molar-refractivity contribution in [3.63, 3.8) is 0 Å². The number of nitrogens with one attached hydrogen (secondary N) is 1. The van der Waals surface area contributed by atoms with E-state index in [0.29, 0.717) is 40.7 Å². The summed E-state index contributed by atoms with van der Waals surface area (Å²) in [6.07, 6.45) is 0. The first-order valence-corrected chi connectivity index (χ1v) is 12.7. The van der Waals surface area contributed by atoms with Crippen molar-refractivity contribution in [2.45, 2.75) is 18.7 Å². The van der Waals surface area contributed by atoms with Gasteiger partial charge in [0, 0.05) is 36.3 Å². The molecule has 34 heavy (non-hydrogen) atoms. The number of hydrogen-bond acceptors (Lipinski definition) is 4. The fourth-order valence-corrected chi connectivity index (χ4v) is 5.17. The molecule has 3 aromatic carbocycles. The second kappa shape index (κ2) is 9.48. The number of hydrogen-bond donors (Lipinski definition) is 1. The predicted octanol–water partition coefficient (Wildman–Crippen LogP) is 5.18. The van der Waals surface area contributed by atoms with Crippen LogP contribution in [0.15, 0.2) is 71.6 Å². The minimum absolute atomic E-state index is 0.00168. The molecule has 1 amide bonds. The molecular weight excluding hydrogens is 472 g/mol. The van der Waals surface area contributed by atoms with Crippen molar-refractivity contribution in [3.05, 3.63) is 77.3 Å². The molecule has 0 radical (unpaired) electrons. The minimum Gasteiger partial charge on any atom is -0.339 e. The maximum atomic E-state index is 12.7. The van der Waals surface area contributed by atoms with E-state index in [1.165, 1.54) is 12.1 Å². The molecule has 0 aliphatic rings. The average Bonchev–Trinajstić information content (AvgIpc) is 3.15. The predicted molar refractivity (Wildman–Crippen MR) is 136 cm³/mol. The largest absolute Gasteiger partial charge is 0.339 e. The summed E-state index contributed by atoms with van der Waals surface area (Å²) >= 11 is 5.94. The molecule has 0 spiro atoms. The Morgan fingerprint density at radius 1 is 1.03 bits per heavy atom. The first-order valence-electron chi connectivity index (χ1n) is 10.9. The van der Waals surface area contributed by atoms with Gasteiger partial charge >= 0.3 is 0 Å². The van der Waals surface area contributed by atoms with Gasteiger partial charge in [-0.15, -0.1) is 0 Å². The van der Waals surface area contributed by atoms with Gasteiger partial charge in [-0.1, -0.05) is 29.8 Å². The molecule has 0 bridgehead atoms. The van der Waals surface area contributed by atoms with Crippen molar-refractivity contribution in [2.24, 2.45) is 7.05 Å². The van der Waals surface area contributed by atoms with Gasteiger partial charge in [0.15, 0.2) is 0 Å². The Balaban J connectivity index is 1.63. The summed E-state index contributed by atoms with van der Waals surface area (Å²) in [7, 11) is -1.89. The average molecular weight is 497 g/mol. The minimum atomic E-state index is -3.79. The molecule has 4 rings (SSSR count). The maximum Gasteiger partial charge on any atom is 0.261 e. The summed E-state index contributed by atoms with van der Waals surface area (Å²) in [5.74, 6) is 0.713. The number of nitrogens with zero attached hydrogens (tertiary/aromatic N) is 3. The van der Waals surface area contributed by atoms with E-state index in [4.69, 9.17) is 16.6 Å². The summed E-state index contributed by atoms with van der Waals surface area (Å²) in [4.78, 5) is 19.1. The lowest BCUT2D eigenvalue weighted by molar-refractivity contribution is 0.0773. The van der Waals surface area contributed by atoms with Gasteiger partial charge in [0.2, 0.25) is 0 Å². The number of aryl methyl sites for hydroxylation is 1. The molecule has 1 aromatic heterocycles. The van der Waals surface area contributed by atoms with Crippen LogP contribution >= 0.6 is 11.6 Å². The molecule has 1 heterocycles. The number of fused-ring (bicyclic) bond motifs is 1. The normalized spacial score (nSPS) is 11.5. The van der Waals surface area contributed by atoms with Gasteiger partial charge in [0.05, 0.1) is 21.6 Å². The summed E-state index contributed by atoms with van der Waals surface area (Å²) in [5.41, 5.74) is 3.38. The number of rotatable bonds is 7. The highest BCUT2D eigenvalue weighted by molar-refractivity contribution is 7.92. The van der Waals surface area contributed by atoms with E-state index in [9.17, 15) is 13.2 Å². The zero-order valence-electron chi connectivity index (χ0n) is 19.1. The standard InChI is InChI=1S/C25H25ClN4O3S/c1-4-30(5-2)25(31)18-11-9-17(10-12-18)24-27-22-16-20(13-14-23(22)29(24)3)28-34(32,33)21-8-6-7-19(26)15-21/h6-16,28H,4-5H2,1-3H3. The Bertz CT molecular complexity index is 1460. The molecule has 0 saturated heterocycles. The molecule has 7 nitrogen and oxygen atoms in total. The lowest BCUT2D eigenvalue weighted by atomic mass is 10.1. The van der Waals surface area contributed by atoms with Gasteiger partial charge < -0.3 is 9.47 Å². The molecule has 176 valence electrons. The van der Waals surface area contributed by atoms with Crippen LogP contribution in [0, 0.1) is 0 Å². The number of halogens is 1. The van der Waals surface area contributed by atoms with Crippen molar-refractivity contribution in [1.29, 1.82) is 0 Å². The highest BCUT2D eigenvalue weighted by Gasteiger charge is 2.17. The van der Waals surface area contributed by atoms with Crippen LogP contribution in [0.4, 0.5) is 5.69 Å². The maximum absolute atomic E-state index is 12.7. The van der Waals surface area contributed by atoms with Gasteiger partial charge in [0.1, 0.15) is 5.82 Å². The third-order valence-corrected chi connectivity index (χ3v) is 7.29. The third-order valence-electron chi connectivity index (χ3n) is 5.68. The summed E-state index contributed by atoms with van der Waals surface area (Å²) in [6, 6.07) is 18.7. The monoisotopic (exact) mass is 496 g/mol. The highest BCUT2D eigenvalue weighted by Crippen LogP contribution is 2.27. The fourth-order valence-electron chi connectivity index (χ4n) is 3.82. The lowest BCUT2D eigenvalue weighted by Crippen LogP contribution is -2.30. The zero-order chi connectivity index (χ0) is 24.5. The lowest BCUT2D eigenvalue weighted by Gasteiger charge is -2.18. The SMILES string of the molecule is CCN(CC)C(=O)c1ccc(-c2nc3cc(NS(=O)(=O)c4cccc(Cl)c4)ccc3n2C)cc1. The first kappa shape index (κ1) is 23.8. The van der Waals surface area contributed by atoms with Crippen LogP contribution in [0.25, 0.3) is 22.4 Å². The van der Waals surface area contributed by atoms with Gasteiger partial charge in [-0.3, -0.25) is 9.52 Å². The summed E-state index contributed by atoms with van der Waals surface area (Å²) in [6.45, 7) is 5.23. The van der Waals surface area contributed by atoms with E-state index < -0.39 is 10.0 Å². The van der Waals surface area contributed by atoms with E-state index in [2.05, 4.69) is 4.72 Å². The van der Waals surface area contributed by atoms with E-state index >= 15 is 0 Å². The number of amides is 1. The Morgan fingerprint density at radius 2 is 1.74 bits per heavy atom. The van der Waals surface area contributed by atoms with Crippen LogP contribution < -0.4 is 4.72 Å². The number of benzene rings is 3. The molecule has 9 heteroatoms. The Kier molecular flexibility index (Phi) is 6.63. The van der Waals surface area contributed by atoms with E-state index in [1.807, 2.05) is 43.7 Å². The van der Waals surface area contributed by atoms with Crippen molar-refractivity contribution in [1.82, 2.24) is 14.5 Å². The number of imidazole rings is 1. The molecule has 0 atom stereocenters. The van der Waals surface area contributed by atoms with Gasteiger partial charge in [0.25, 0.3) is 15.9 Å². The molecule has 0 aliphatic heterocycles. The molecule has 0 saturated carbocycles. The van der Waals surface area contributed by atoms with Gasteiger partial charge in [-0.2, -0.15) is 0 Å². The molecule has 1 N–H and O–H groups in total. The summed E-state index contributed by atoms with van der Waals surface area (Å²) < 4.78 is 30.0.